The smallest absolute Gasteiger partial charge is 0.0815 e. The number of fused-ring (bicyclic) bond motifs is 2. The average Bonchev–Trinajstić information content (AvgIpc) is 2.99. The summed E-state index contributed by atoms with van der Waals surface area (Å²) in [4.78, 5) is 12.4. The first-order valence-corrected chi connectivity index (χ1v) is 10.9. The number of benzene rings is 1. The second kappa shape index (κ2) is 6.94. The highest BCUT2D eigenvalue weighted by Crippen LogP contribution is 2.27. The van der Waals surface area contributed by atoms with Gasteiger partial charge in [-0.2, -0.15) is 0 Å². The number of hydrogen-bond acceptors (Lipinski definition) is 5. The maximum Gasteiger partial charge on any atom is 0.0815 e. The van der Waals surface area contributed by atoms with Gasteiger partial charge in [0.15, 0.2) is 0 Å². The van der Waals surface area contributed by atoms with Crippen LogP contribution in [0.3, 0.4) is 0 Å². The Bertz CT molecular complexity index is 937. The van der Waals surface area contributed by atoms with E-state index in [9.17, 15) is 4.21 Å². The molecular weight excluding hydrogens is 350 g/mol. The van der Waals surface area contributed by atoms with Crippen LogP contribution in [0.1, 0.15) is 29.8 Å². The van der Waals surface area contributed by atoms with Gasteiger partial charge in [0.1, 0.15) is 0 Å². The van der Waals surface area contributed by atoms with Crippen LogP contribution in [0.25, 0.3) is 10.2 Å². The third-order valence-electron chi connectivity index (χ3n) is 5.06. The quantitative estimate of drug-likeness (QED) is 0.706. The van der Waals surface area contributed by atoms with Crippen molar-refractivity contribution in [1.82, 2.24) is 14.9 Å². The van der Waals surface area contributed by atoms with E-state index in [1.807, 2.05) is 5.51 Å². The lowest BCUT2D eigenvalue weighted by atomic mass is 10.1. The summed E-state index contributed by atoms with van der Waals surface area (Å²) in [6.45, 7) is 4.25. The van der Waals surface area contributed by atoms with Crippen molar-refractivity contribution in [3.8, 4) is 0 Å². The van der Waals surface area contributed by atoms with Crippen molar-refractivity contribution in [1.29, 1.82) is 0 Å². The van der Waals surface area contributed by atoms with Gasteiger partial charge in [0.2, 0.25) is 0 Å². The van der Waals surface area contributed by atoms with E-state index in [4.69, 9.17) is 0 Å². The Morgan fingerprint density at radius 1 is 1.20 bits per heavy atom. The van der Waals surface area contributed by atoms with E-state index in [0.29, 0.717) is 6.04 Å². The highest BCUT2D eigenvalue weighted by molar-refractivity contribution is 7.84. The van der Waals surface area contributed by atoms with Crippen LogP contribution < -0.4 is 0 Å². The Morgan fingerprint density at radius 2 is 2.04 bits per heavy atom. The van der Waals surface area contributed by atoms with Crippen LogP contribution in [-0.4, -0.2) is 38.4 Å². The average molecular weight is 372 g/mol. The third-order valence-corrected chi connectivity index (χ3v) is 6.75. The van der Waals surface area contributed by atoms with Gasteiger partial charge in [-0.1, -0.05) is 6.07 Å². The molecule has 130 valence electrons. The lowest BCUT2D eigenvalue weighted by Crippen LogP contribution is -2.29. The van der Waals surface area contributed by atoms with Gasteiger partial charge in [0, 0.05) is 43.7 Å². The summed E-state index contributed by atoms with van der Waals surface area (Å²) in [6.07, 6.45) is 5.37. The van der Waals surface area contributed by atoms with E-state index in [1.54, 1.807) is 23.8 Å². The molecule has 1 aliphatic rings. The predicted molar refractivity (Wildman–Crippen MR) is 104 cm³/mol. The van der Waals surface area contributed by atoms with Crippen LogP contribution in [0.5, 0.6) is 0 Å². The largest absolute Gasteiger partial charge is 0.296 e. The number of aromatic nitrogens is 2. The van der Waals surface area contributed by atoms with E-state index >= 15 is 0 Å². The zero-order valence-corrected chi connectivity index (χ0v) is 16.1. The first-order chi connectivity index (χ1) is 12.1. The number of nitrogens with zero attached hydrogens (tertiary/aromatic N) is 3. The third kappa shape index (κ3) is 3.38. The maximum absolute atomic E-state index is 11.7. The van der Waals surface area contributed by atoms with Crippen molar-refractivity contribution < 1.29 is 4.21 Å². The molecule has 0 radical (unpaired) electrons. The molecule has 1 aliphatic heterocycles. The van der Waals surface area contributed by atoms with Crippen LogP contribution in [0.4, 0.5) is 0 Å². The van der Waals surface area contributed by atoms with E-state index in [2.05, 4.69) is 46.1 Å². The Labute approximate surface area is 154 Å². The van der Waals surface area contributed by atoms with Crippen molar-refractivity contribution in [2.45, 2.75) is 30.7 Å². The van der Waals surface area contributed by atoms with Gasteiger partial charge in [-0.3, -0.25) is 14.1 Å². The summed E-state index contributed by atoms with van der Waals surface area (Å²) in [6, 6.07) is 9.04. The Hall–Kier alpha value is -1.63. The van der Waals surface area contributed by atoms with Crippen molar-refractivity contribution in [2.75, 3.05) is 19.3 Å². The number of rotatable bonds is 3. The summed E-state index contributed by atoms with van der Waals surface area (Å²) >= 11 is 1.68. The molecule has 3 heterocycles. The molecule has 2 atom stereocenters. The molecule has 2 aromatic heterocycles. The van der Waals surface area contributed by atoms with Crippen molar-refractivity contribution >= 4 is 32.4 Å². The highest BCUT2D eigenvalue weighted by atomic mass is 32.2. The van der Waals surface area contributed by atoms with Gasteiger partial charge in [0.05, 0.1) is 31.4 Å². The van der Waals surface area contributed by atoms with Crippen LogP contribution in [0.2, 0.25) is 0 Å². The second-order valence-corrected chi connectivity index (χ2v) is 8.79. The van der Waals surface area contributed by atoms with Crippen molar-refractivity contribution in [2.24, 2.45) is 0 Å². The molecule has 1 aromatic carbocycles. The Kier molecular flexibility index (Phi) is 4.67. The van der Waals surface area contributed by atoms with E-state index in [1.165, 1.54) is 15.8 Å². The van der Waals surface area contributed by atoms with Crippen molar-refractivity contribution in [3.63, 3.8) is 0 Å². The van der Waals surface area contributed by atoms with Gasteiger partial charge in [-0.25, -0.2) is 4.98 Å². The second-order valence-electron chi connectivity index (χ2n) is 6.52. The number of thiazole rings is 1. The molecule has 4 rings (SSSR count). The molecule has 0 N–H and O–H groups in total. The molecule has 4 nitrogen and oxygen atoms in total. The lowest BCUT2D eigenvalue weighted by Gasteiger charge is -2.27. The van der Waals surface area contributed by atoms with Gasteiger partial charge in [0.25, 0.3) is 0 Å². The monoisotopic (exact) mass is 371 g/mol. The van der Waals surface area contributed by atoms with Crippen LogP contribution in [0, 0.1) is 0 Å². The topological polar surface area (TPSA) is 46.1 Å². The van der Waals surface area contributed by atoms with Gasteiger partial charge in [-0.15, -0.1) is 11.3 Å². The molecule has 0 spiro atoms. The summed E-state index contributed by atoms with van der Waals surface area (Å²) in [5, 5.41) is 0. The molecule has 0 saturated heterocycles. The Balaban J connectivity index is 1.55. The summed E-state index contributed by atoms with van der Waals surface area (Å²) in [5.74, 6) is 0. The molecular formula is C19H21N3OS2. The first kappa shape index (κ1) is 16.8. The lowest BCUT2D eigenvalue weighted by molar-refractivity contribution is 0.221. The zero-order chi connectivity index (χ0) is 17.4. The zero-order valence-electron chi connectivity index (χ0n) is 14.4. The summed E-state index contributed by atoms with van der Waals surface area (Å²) in [5.41, 5.74) is 6.70. The highest BCUT2D eigenvalue weighted by Gasteiger charge is 2.21. The minimum absolute atomic E-state index is 0.347. The van der Waals surface area contributed by atoms with Crippen LogP contribution >= 0.6 is 11.3 Å². The molecule has 6 heteroatoms. The molecule has 3 aromatic rings. The summed E-state index contributed by atoms with van der Waals surface area (Å²) < 4.78 is 13.0. The predicted octanol–water partition coefficient (Wildman–Crippen LogP) is 3.59. The normalized spacial score (nSPS) is 17.8. The van der Waals surface area contributed by atoms with Crippen LogP contribution in [0.15, 0.2) is 40.9 Å². The molecule has 0 saturated carbocycles. The van der Waals surface area contributed by atoms with E-state index < -0.39 is 10.8 Å². The summed E-state index contributed by atoms with van der Waals surface area (Å²) in [7, 11) is -0.972. The Morgan fingerprint density at radius 3 is 2.88 bits per heavy atom. The fourth-order valence-corrected chi connectivity index (χ4v) is 4.64. The number of hydrogen-bond donors (Lipinski definition) is 0. The standard InChI is InChI=1S/C19H21N3OS2/c1-13(14-3-4-19-18(10-14)21-12-24-19)22-7-5-15-9-16(25(2)23)11-20-17(15)6-8-22/h3-4,9-13H,5-8H2,1-2H3. The molecule has 2 unspecified atom stereocenters. The molecule has 25 heavy (non-hydrogen) atoms. The molecule has 0 fully saturated rings. The van der Waals surface area contributed by atoms with Gasteiger partial charge in [-0.05, 0) is 42.7 Å². The van der Waals surface area contributed by atoms with Crippen molar-refractivity contribution in [3.05, 3.63) is 52.8 Å². The van der Waals surface area contributed by atoms with Crippen LogP contribution in [-0.2, 0) is 23.6 Å². The molecule has 0 aliphatic carbocycles. The SMILES string of the molecule is CC(c1ccc2scnc2c1)N1CCc2cc(S(C)=O)cnc2CC1. The van der Waals surface area contributed by atoms with Gasteiger partial charge >= 0.3 is 0 Å². The minimum Gasteiger partial charge on any atom is -0.296 e. The van der Waals surface area contributed by atoms with E-state index in [-0.39, 0.29) is 0 Å². The molecule has 0 amide bonds. The molecule has 0 bridgehead atoms. The van der Waals surface area contributed by atoms with Gasteiger partial charge < -0.3 is 0 Å². The fourth-order valence-electron chi connectivity index (χ4n) is 3.47. The fraction of sp³-hybridized carbons (Fsp3) is 0.368. The minimum atomic E-state index is -0.972. The number of pyridine rings is 1. The van der Waals surface area contributed by atoms with E-state index in [0.717, 1.165) is 42.0 Å². The first-order valence-electron chi connectivity index (χ1n) is 8.50. The maximum atomic E-state index is 11.7.